The summed E-state index contributed by atoms with van der Waals surface area (Å²) in [6.45, 7) is 3.09. The smallest absolute Gasteiger partial charge is 0.226 e. The molecule has 1 aliphatic rings. The van der Waals surface area contributed by atoms with Gasteiger partial charge in [-0.1, -0.05) is 54.1 Å². The molecule has 0 atom stereocenters. The van der Waals surface area contributed by atoms with Crippen LogP contribution in [0.5, 0.6) is 0 Å². The Balaban J connectivity index is 1.37. The molecule has 0 bridgehead atoms. The summed E-state index contributed by atoms with van der Waals surface area (Å²) in [5.41, 5.74) is 2.22. The Hall–Kier alpha value is -1.84. The highest BCUT2D eigenvalue weighted by atomic mass is 35.5. The fourth-order valence-corrected chi connectivity index (χ4v) is 3.28. The third-order valence-corrected chi connectivity index (χ3v) is 4.95. The van der Waals surface area contributed by atoms with E-state index in [2.05, 4.69) is 12.1 Å². The number of hydrogen-bond donors (Lipinski definition) is 0. The van der Waals surface area contributed by atoms with Crippen molar-refractivity contribution in [1.29, 1.82) is 0 Å². The van der Waals surface area contributed by atoms with Gasteiger partial charge in [-0.25, -0.2) is 0 Å². The quantitative estimate of drug-likeness (QED) is 0.769. The molecule has 1 fully saturated rings. The lowest BCUT2D eigenvalue weighted by molar-refractivity contribution is -0.132. The number of nitrogens with zero attached hydrogens (tertiary/aromatic N) is 1. The van der Waals surface area contributed by atoms with Crippen LogP contribution < -0.4 is 0 Å². The van der Waals surface area contributed by atoms with E-state index >= 15 is 0 Å². The highest BCUT2D eigenvalue weighted by molar-refractivity contribution is 6.30. The van der Waals surface area contributed by atoms with Gasteiger partial charge in [0.2, 0.25) is 5.91 Å². The van der Waals surface area contributed by atoms with E-state index in [-0.39, 0.29) is 5.91 Å². The van der Waals surface area contributed by atoms with Crippen molar-refractivity contribution in [2.24, 2.45) is 5.92 Å². The summed E-state index contributed by atoms with van der Waals surface area (Å²) in [7, 11) is 0. The topological polar surface area (TPSA) is 29.5 Å². The lowest BCUT2D eigenvalue weighted by Crippen LogP contribution is -2.40. The number of amides is 1. The zero-order chi connectivity index (χ0) is 17.5. The van der Waals surface area contributed by atoms with E-state index in [0.29, 0.717) is 24.0 Å². The van der Waals surface area contributed by atoms with Crippen LogP contribution in [-0.4, -0.2) is 30.5 Å². The van der Waals surface area contributed by atoms with Crippen LogP contribution in [0.15, 0.2) is 54.6 Å². The number of hydrogen-bond acceptors (Lipinski definition) is 2. The standard InChI is InChI=1S/C21H24ClNO2/c22-20-8-6-17(7-9-20)14-21(24)23-12-10-19(11-13-23)16-25-15-18-4-2-1-3-5-18/h1-9,19H,10-16H2. The monoisotopic (exact) mass is 357 g/mol. The molecular formula is C21H24ClNO2. The number of benzene rings is 2. The molecule has 0 radical (unpaired) electrons. The van der Waals surface area contributed by atoms with Gasteiger partial charge in [0, 0.05) is 24.7 Å². The van der Waals surface area contributed by atoms with Gasteiger partial charge in [0.15, 0.2) is 0 Å². The molecule has 1 heterocycles. The Morgan fingerprint density at radius 3 is 2.36 bits per heavy atom. The van der Waals surface area contributed by atoms with Gasteiger partial charge in [-0.05, 0) is 42.0 Å². The maximum atomic E-state index is 12.4. The molecule has 4 heteroatoms. The predicted octanol–water partition coefficient (Wildman–Crippen LogP) is 4.34. The Morgan fingerprint density at radius 1 is 1.00 bits per heavy atom. The fraction of sp³-hybridized carbons (Fsp3) is 0.381. The van der Waals surface area contributed by atoms with Crippen molar-refractivity contribution < 1.29 is 9.53 Å². The molecule has 25 heavy (non-hydrogen) atoms. The summed E-state index contributed by atoms with van der Waals surface area (Å²) >= 11 is 5.89. The van der Waals surface area contributed by atoms with Crippen molar-refractivity contribution in [2.75, 3.05) is 19.7 Å². The molecule has 0 spiro atoms. The predicted molar refractivity (Wildman–Crippen MR) is 101 cm³/mol. The average Bonchev–Trinajstić information content (AvgIpc) is 2.65. The first-order valence-electron chi connectivity index (χ1n) is 8.84. The van der Waals surface area contributed by atoms with Gasteiger partial charge in [0.05, 0.1) is 13.0 Å². The van der Waals surface area contributed by atoms with Crippen LogP contribution in [0.4, 0.5) is 0 Å². The second kappa shape index (κ2) is 9.02. The number of carbonyl (C=O) groups is 1. The zero-order valence-electron chi connectivity index (χ0n) is 14.4. The van der Waals surface area contributed by atoms with E-state index in [1.54, 1.807) is 0 Å². The van der Waals surface area contributed by atoms with Gasteiger partial charge in [0.25, 0.3) is 0 Å². The van der Waals surface area contributed by atoms with Crippen LogP contribution >= 0.6 is 11.6 Å². The van der Waals surface area contributed by atoms with Crippen molar-refractivity contribution in [1.82, 2.24) is 4.90 Å². The second-order valence-corrected chi connectivity index (χ2v) is 7.06. The van der Waals surface area contributed by atoms with Crippen molar-refractivity contribution >= 4 is 17.5 Å². The normalized spacial score (nSPS) is 15.3. The summed E-state index contributed by atoms with van der Waals surface area (Å²) < 4.78 is 5.85. The number of halogens is 1. The molecule has 3 nitrogen and oxygen atoms in total. The van der Waals surface area contributed by atoms with Crippen LogP contribution in [0.25, 0.3) is 0 Å². The highest BCUT2D eigenvalue weighted by Crippen LogP contribution is 2.19. The molecule has 0 unspecified atom stereocenters. The lowest BCUT2D eigenvalue weighted by atomic mass is 9.97. The first-order valence-corrected chi connectivity index (χ1v) is 9.22. The van der Waals surface area contributed by atoms with Crippen LogP contribution in [0.2, 0.25) is 5.02 Å². The number of rotatable bonds is 6. The van der Waals surface area contributed by atoms with Crippen LogP contribution in [0, 0.1) is 5.92 Å². The van der Waals surface area contributed by atoms with E-state index in [9.17, 15) is 4.79 Å². The van der Waals surface area contributed by atoms with Crippen molar-refractivity contribution in [3.8, 4) is 0 Å². The molecule has 2 aromatic carbocycles. The molecule has 132 valence electrons. The molecule has 0 aromatic heterocycles. The van der Waals surface area contributed by atoms with Gasteiger partial charge in [0.1, 0.15) is 0 Å². The zero-order valence-corrected chi connectivity index (χ0v) is 15.1. The van der Waals surface area contributed by atoms with Gasteiger partial charge < -0.3 is 9.64 Å². The number of likely N-dealkylation sites (tertiary alicyclic amines) is 1. The Morgan fingerprint density at radius 2 is 1.68 bits per heavy atom. The average molecular weight is 358 g/mol. The molecule has 3 rings (SSSR count). The molecule has 1 saturated heterocycles. The van der Waals surface area contributed by atoms with Crippen LogP contribution in [0.3, 0.4) is 0 Å². The van der Waals surface area contributed by atoms with E-state index in [4.69, 9.17) is 16.3 Å². The first-order chi connectivity index (χ1) is 12.2. The molecule has 0 N–H and O–H groups in total. The van der Waals surface area contributed by atoms with Gasteiger partial charge in [-0.2, -0.15) is 0 Å². The molecule has 1 amide bonds. The summed E-state index contributed by atoms with van der Waals surface area (Å²) in [6.07, 6.45) is 2.48. The largest absolute Gasteiger partial charge is 0.376 e. The maximum absolute atomic E-state index is 12.4. The summed E-state index contributed by atoms with van der Waals surface area (Å²) in [5.74, 6) is 0.745. The number of ether oxygens (including phenoxy) is 1. The van der Waals surface area contributed by atoms with Crippen molar-refractivity contribution in [3.05, 3.63) is 70.7 Å². The third kappa shape index (κ3) is 5.58. The van der Waals surface area contributed by atoms with Crippen LogP contribution in [-0.2, 0) is 22.6 Å². The summed E-state index contributed by atoms with van der Waals surface area (Å²) in [6, 6.07) is 17.7. The maximum Gasteiger partial charge on any atom is 0.226 e. The van der Waals surface area contributed by atoms with Gasteiger partial charge in [-0.15, -0.1) is 0 Å². The minimum atomic E-state index is 0.200. The SMILES string of the molecule is O=C(Cc1ccc(Cl)cc1)N1CCC(COCc2ccccc2)CC1. The Bertz CT molecular complexity index is 664. The molecule has 0 aliphatic carbocycles. The first kappa shape index (κ1) is 18.0. The van der Waals surface area contributed by atoms with Gasteiger partial charge >= 0.3 is 0 Å². The van der Waals surface area contributed by atoms with E-state index in [0.717, 1.165) is 38.1 Å². The van der Waals surface area contributed by atoms with Crippen molar-refractivity contribution in [3.63, 3.8) is 0 Å². The highest BCUT2D eigenvalue weighted by Gasteiger charge is 2.22. The number of piperidine rings is 1. The van der Waals surface area contributed by atoms with E-state index in [1.807, 2.05) is 47.4 Å². The lowest BCUT2D eigenvalue weighted by Gasteiger charge is -2.32. The minimum Gasteiger partial charge on any atom is -0.376 e. The van der Waals surface area contributed by atoms with Crippen molar-refractivity contribution in [2.45, 2.75) is 25.9 Å². The van der Waals surface area contributed by atoms with E-state index < -0.39 is 0 Å². The molecule has 1 aliphatic heterocycles. The Kier molecular flexibility index (Phi) is 6.48. The minimum absolute atomic E-state index is 0.200. The van der Waals surface area contributed by atoms with E-state index in [1.165, 1.54) is 5.56 Å². The molecule has 0 saturated carbocycles. The fourth-order valence-electron chi connectivity index (χ4n) is 3.16. The third-order valence-electron chi connectivity index (χ3n) is 4.70. The summed E-state index contributed by atoms with van der Waals surface area (Å²) in [4.78, 5) is 14.4. The number of carbonyl (C=O) groups excluding carboxylic acids is 1. The van der Waals surface area contributed by atoms with Crippen LogP contribution in [0.1, 0.15) is 24.0 Å². The molecule has 2 aromatic rings. The summed E-state index contributed by atoms with van der Waals surface area (Å²) in [5, 5.41) is 0.701. The molecular weight excluding hydrogens is 334 g/mol. The Labute approximate surface area is 154 Å². The second-order valence-electron chi connectivity index (χ2n) is 6.63. The van der Waals surface area contributed by atoms with Gasteiger partial charge in [-0.3, -0.25) is 4.79 Å².